The van der Waals surface area contributed by atoms with Crippen molar-refractivity contribution < 1.29 is 4.79 Å². The monoisotopic (exact) mass is 325 g/mol. The zero-order valence-corrected chi connectivity index (χ0v) is 15.7. The molecule has 0 aromatic rings. The van der Waals surface area contributed by atoms with Crippen LogP contribution in [-0.4, -0.2) is 5.78 Å². The molecule has 0 aromatic carbocycles. The number of carbonyl (C=O) groups is 1. The summed E-state index contributed by atoms with van der Waals surface area (Å²) >= 11 is 0. The van der Waals surface area contributed by atoms with Gasteiger partial charge in [0.2, 0.25) is 0 Å². The number of hydrogen-bond acceptors (Lipinski definition) is 2. The van der Waals surface area contributed by atoms with Crippen LogP contribution >= 0.6 is 0 Å². The minimum atomic E-state index is -0.0610. The van der Waals surface area contributed by atoms with Gasteiger partial charge in [-0.2, -0.15) is 5.26 Å². The van der Waals surface area contributed by atoms with Crippen molar-refractivity contribution in [1.82, 2.24) is 0 Å². The fourth-order valence-electron chi connectivity index (χ4n) is 6.65. The van der Waals surface area contributed by atoms with Gasteiger partial charge >= 0.3 is 0 Å². The van der Waals surface area contributed by atoms with Crippen LogP contribution in [0.4, 0.5) is 0 Å². The third-order valence-corrected chi connectivity index (χ3v) is 7.63. The minimum absolute atomic E-state index is 0.0481. The van der Waals surface area contributed by atoms with Crippen LogP contribution in [-0.2, 0) is 4.79 Å². The van der Waals surface area contributed by atoms with E-state index in [-0.39, 0.29) is 16.7 Å². The zero-order valence-electron chi connectivity index (χ0n) is 15.7. The third kappa shape index (κ3) is 2.32. The van der Waals surface area contributed by atoms with Gasteiger partial charge in [0.05, 0.1) is 6.07 Å². The van der Waals surface area contributed by atoms with Crippen LogP contribution in [0.25, 0.3) is 0 Å². The molecule has 3 rings (SSSR count). The lowest BCUT2D eigenvalue weighted by Crippen LogP contribution is -2.53. The molecule has 2 nitrogen and oxygen atoms in total. The standard InChI is InChI=1S/C22H31NO/c1-5-12-21(3)15(6-2)7-9-17-18-10-8-16(11-13-23)22(18,4)14-19(24)20(17)21/h6,11,17-18,20H,5,7-10,12,14H2,1-4H3/b15-6-,16-11-/t17?,18?,20?,21?,22-/m1/s1. The van der Waals surface area contributed by atoms with Crippen LogP contribution in [0.2, 0.25) is 0 Å². The molecule has 0 bridgehead atoms. The van der Waals surface area contributed by atoms with Crippen molar-refractivity contribution in [3.8, 4) is 6.07 Å². The maximum Gasteiger partial charge on any atom is 0.138 e. The first-order valence-electron chi connectivity index (χ1n) is 9.70. The summed E-state index contributed by atoms with van der Waals surface area (Å²) < 4.78 is 0. The number of hydrogen-bond donors (Lipinski definition) is 0. The smallest absolute Gasteiger partial charge is 0.138 e. The maximum absolute atomic E-state index is 13.3. The van der Waals surface area contributed by atoms with E-state index in [1.54, 1.807) is 6.08 Å². The Morgan fingerprint density at radius 2 is 1.96 bits per heavy atom. The number of ketones is 1. The molecular weight excluding hydrogens is 294 g/mol. The molecule has 3 aliphatic carbocycles. The highest BCUT2D eigenvalue weighted by molar-refractivity contribution is 5.85. The summed E-state index contributed by atoms with van der Waals surface area (Å²) in [4.78, 5) is 13.3. The Kier molecular flexibility index (Phi) is 4.49. The molecule has 3 aliphatic rings. The fourth-order valence-corrected chi connectivity index (χ4v) is 6.65. The molecule has 5 atom stereocenters. The molecule has 3 fully saturated rings. The van der Waals surface area contributed by atoms with E-state index in [9.17, 15) is 4.79 Å². The van der Waals surface area contributed by atoms with Crippen LogP contribution in [0.15, 0.2) is 23.3 Å². The number of carbonyl (C=O) groups excluding carboxylic acids is 1. The summed E-state index contributed by atoms with van der Waals surface area (Å²) in [7, 11) is 0. The topological polar surface area (TPSA) is 40.9 Å². The Labute approximate surface area is 147 Å². The van der Waals surface area contributed by atoms with E-state index in [2.05, 4.69) is 39.8 Å². The molecule has 24 heavy (non-hydrogen) atoms. The average Bonchev–Trinajstić information content (AvgIpc) is 2.84. The van der Waals surface area contributed by atoms with E-state index in [0.717, 1.165) is 38.5 Å². The molecule has 2 heteroatoms. The molecular formula is C22H31NO. The Balaban J connectivity index is 2.03. The van der Waals surface area contributed by atoms with Crippen molar-refractivity contribution in [3.63, 3.8) is 0 Å². The lowest BCUT2D eigenvalue weighted by Gasteiger charge is -2.55. The number of rotatable bonds is 2. The molecule has 0 spiro atoms. The van der Waals surface area contributed by atoms with E-state index in [1.807, 2.05) is 0 Å². The SMILES string of the molecule is C/C=C1/CCC2C(C(=O)C[C@]3(C)/C(=C\C#N)CCC23)C1(C)CCC. The summed E-state index contributed by atoms with van der Waals surface area (Å²) in [6, 6.07) is 2.23. The van der Waals surface area contributed by atoms with E-state index in [0.29, 0.717) is 24.0 Å². The van der Waals surface area contributed by atoms with E-state index in [1.165, 1.54) is 11.1 Å². The lowest BCUT2D eigenvalue weighted by atomic mass is 9.47. The highest BCUT2D eigenvalue weighted by Gasteiger charge is 2.60. The molecule has 0 amide bonds. The summed E-state index contributed by atoms with van der Waals surface area (Å²) in [5.74, 6) is 1.73. The predicted octanol–water partition coefficient (Wildman–Crippen LogP) is 5.60. The Morgan fingerprint density at radius 3 is 2.58 bits per heavy atom. The predicted molar refractivity (Wildman–Crippen MR) is 97.1 cm³/mol. The van der Waals surface area contributed by atoms with Gasteiger partial charge in [0, 0.05) is 18.4 Å². The van der Waals surface area contributed by atoms with Crippen LogP contribution in [0.1, 0.15) is 72.6 Å². The van der Waals surface area contributed by atoms with Gasteiger partial charge in [0.1, 0.15) is 5.78 Å². The summed E-state index contributed by atoms with van der Waals surface area (Å²) in [6.07, 6.45) is 11.4. The van der Waals surface area contributed by atoms with Gasteiger partial charge < -0.3 is 0 Å². The zero-order chi connectivity index (χ0) is 17.5. The third-order valence-electron chi connectivity index (χ3n) is 7.63. The van der Waals surface area contributed by atoms with E-state index in [4.69, 9.17) is 5.26 Å². The van der Waals surface area contributed by atoms with Crippen LogP contribution in [0, 0.1) is 39.9 Å². The summed E-state index contributed by atoms with van der Waals surface area (Å²) in [6.45, 7) is 8.99. The maximum atomic E-state index is 13.3. The summed E-state index contributed by atoms with van der Waals surface area (Å²) in [5.41, 5.74) is 2.73. The first-order valence-corrected chi connectivity index (χ1v) is 9.70. The first kappa shape index (κ1) is 17.5. The second-order valence-corrected chi connectivity index (χ2v) is 8.67. The van der Waals surface area contributed by atoms with Gasteiger partial charge in [-0.1, -0.05) is 44.4 Å². The minimum Gasteiger partial charge on any atom is -0.299 e. The van der Waals surface area contributed by atoms with Gasteiger partial charge in [0.25, 0.3) is 0 Å². The van der Waals surface area contributed by atoms with Crippen LogP contribution in [0.3, 0.4) is 0 Å². The number of fused-ring (bicyclic) bond motifs is 3. The first-order chi connectivity index (χ1) is 11.4. The molecule has 130 valence electrons. The normalized spacial score (nSPS) is 45.1. The Morgan fingerprint density at radius 1 is 1.25 bits per heavy atom. The summed E-state index contributed by atoms with van der Waals surface area (Å²) in [5, 5.41) is 9.13. The van der Waals surface area contributed by atoms with E-state index >= 15 is 0 Å². The molecule has 0 heterocycles. The van der Waals surface area contributed by atoms with Crippen LogP contribution in [0.5, 0.6) is 0 Å². The Bertz CT molecular complexity index is 637. The van der Waals surface area contributed by atoms with Gasteiger partial charge in [0.15, 0.2) is 0 Å². The van der Waals surface area contributed by atoms with Crippen molar-refractivity contribution in [1.29, 1.82) is 5.26 Å². The number of nitriles is 1. The molecule has 3 saturated carbocycles. The molecule has 0 N–H and O–H groups in total. The fraction of sp³-hybridized carbons (Fsp3) is 0.727. The highest BCUT2D eigenvalue weighted by atomic mass is 16.1. The average molecular weight is 325 g/mol. The molecule has 0 saturated heterocycles. The highest BCUT2D eigenvalue weighted by Crippen LogP contribution is 2.64. The van der Waals surface area contributed by atoms with Crippen molar-refractivity contribution in [2.24, 2.45) is 28.6 Å². The second-order valence-electron chi connectivity index (χ2n) is 8.67. The lowest BCUT2D eigenvalue weighted by molar-refractivity contribution is -0.141. The Hall–Kier alpha value is -1.36. The molecule has 0 aliphatic heterocycles. The quantitative estimate of drug-likeness (QED) is 0.489. The number of nitrogens with zero attached hydrogens (tertiary/aromatic N) is 1. The van der Waals surface area contributed by atoms with Crippen molar-refractivity contribution >= 4 is 5.78 Å². The van der Waals surface area contributed by atoms with Crippen molar-refractivity contribution in [2.45, 2.75) is 72.6 Å². The number of allylic oxidation sites excluding steroid dienone is 4. The largest absolute Gasteiger partial charge is 0.299 e. The van der Waals surface area contributed by atoms with Crippen molar-refractivity contribution in [2.75, 3.05) is 0 Å². The van der Waals surface area contributed by atoms with Gasteiger partial charge in [-0.05, 0) is 61.7 Å². The van der Waals surface area contributed by atoms with Gasteiger partial charge in [-0.3, -0.25) is 4.79 Å². The van der Waals surface area contributed by atoms with E-state index < -0.39 is 0 Å². The molecule has 0 aromatic heterocycles. The molecule has 0 radical (unpaired) electrons. The second kappa shape index (κ2) is 6.17. The van der Waals surface area contributed by atoms with Crippen molar-refractivity contribution in [3.05, 3.63) is 23.3 Å². The molecule has 4 unspecified atom stereocenters. The van der Waals surface area contributed by atoms with Gasteiger partial charge in [-0.15, -0.1) is 0 Å². The van der Waals surface area contributed by atoms with Crippen LogP contribution < -0.4 is 0 Å². The van der Waals surface area contributed by atoms with Gasteiger partial charge in [-0.25, -0.2) is 0 Å². The number of Topliss-reactive ketones (excluding diaryl/α,β-unsaturated/α-hetero) is 1.